The molecular weight excluding hydrogens is 268 g/mol. The van der Waals surface area contributed by atoms with Gasteiger partial charge in [-0.1, -0.05) is 12.8 Å². The Hall–Kier alpha value is -1.12. The SMILES string of the molecule is CN(C1CCCCC1O)S(=O)(=O)c1cn(C)nc1N. The molecule has 1 heterocycles. The maximum atomic E-state index is 12.5. The van der Waals surface area contributed by atoms with E-state index >= 15 is 0 Å². The third-order valence-electron chi connectivity index (χ3n) is 3.64. The Morgan fingerprint density at radius 2 is 2.11 bits per heavy atom. The Bertz CT molecular complexity index is 554. The highest BCUT2D eigenvalue weighted by molar-refractivity contribution is 7.89. The van der Waals surface area contributed by atoms with Crippen LogP contribution in [-0.2, 0) is 17.1 Å². The van der Waals surface area contributed by atoms with Gasteiger partial charge in [0.2, 0.25) is 10.0 Å². The number of nitrogens with two attached hydrogens (primary N) is 1. The van der Waals surface area contributed by atoms with Gasteiger partial charge >= 0.3 is 0 Å². The van der Waals surface area contributed by atoms with Crippen molar-refractivity contribution in [1.82, 2.24) is 14.1 Å². The van der Waals surface area contributed by atoms with E-state index in [9.17, 15) is 13.5 Å². The van der Waals surface area contributed by atoms with Gasteiger partial charge in [-0.05, 0) is 12.8 Å². The lowest BCUT2D eigenvalue weighted by Crippen LogP contribution is -2.46. The first kappa shape index (κ1) is 14.3. The van der Waals surface area contributed by atoms with Crippen LogP contribution in [0, 0.1) is 0 Å². The highest BCUT2D eigenvalue weighted by atomic mass is 32.2. The van der Waals surface area contributed by atoms with E-state index in [1.165, 1.54) is 22.2 Å². The molecule has 1 aromatic heterocycles. The van der Waals surface area contributed by atoms with Gasteiger partial charge in [0.1, 0.15) is 4.90 Å². The molecule has 0 saturated heterocycles. The first-order valence-electron chi connectivity index (χ1n) is 6.29. The Morgan fingerprint density at radius 1 is 1.47 bits per heavy atom. The number of aryl methyl sites for hydroxylation is 1. The maximum absolute atomic E-state index is 12.5. The second kappa shape index (κ2) is 5.10. The van der Waals surface area contributed by atoms with Crippen LogP contribution in [0.2, 0.25) is 0 Å². The van der Waals surface area contributed by atoms with Crippen molar-refractivity contribution in [1.29, 1.82) is 0 Å². The van der Waals surface area contributed by atoms with E-state index in [0.29, 0.717) is 12.8 Å². The fourth-order valence-electron chi connectivity index (χ4n) is 2.53. The fourth-order valence-corrected chi connectivity index (χ4v) is 4.04. The van der Waals surface area contributed by atoms with Crippen molar-refractivity contribution >= 4 is 15.8 Å². The van der Waals surface area contributed by atoms with Gasteiger partial charge in [0, 0.05) is 20.3 Å². The molecule has 1 aromatic rings. The van der Waals surface area contributed by atoms with Gasteiger partial charge in [0.15, 0.2) is 5.82 Å². The van der Waals surface area contributed by atoms with Crippen molar-refractivity contribution < 1.29 is 13.5 Å². The maximum Gasteiger partial charge on any atom is 0.248 e. The second-order valence-electron chi connectivity index (χ2n) is 4.99. The Kier molecular flexibility index (Phi) is 3.84. The number of hydrogen-bond acceptors (Lipinski definition) is 5. The Labute approximate surface area is 113 Å². The van der Waals surface area contributed by atoms with Crippen molar-refractivity contribution in [3.05, 3.63) is 6.20 Å². The summed E-state index contributed by atoms with van der Waals surface area (Å²) in [5.41, 5.74) is 5.63. The summed E-state index contributed by atoms with van der Waals surface area (Å²) in [7, 11) is -0.613. The van der Waals surface area contributed by atoms with Crippen LogP contribution < -0.4 is 5.73 Å². The molecule has 2 atom stereocenters. The Balaban J connectivity index is 2.31. The lowest BCUT2D eigenvalue weighted by atomic mass is 9.93. The summed E-state index contributed by atoms with van der Waals surface area (Å²) in [5.74, 6) is -0.0142. The molecule has 19 heavy (non-hydrogen) atoms. The number of aromatic nitrogens is 2. The smallest absolute Gasteiger partial charge is 0.248 e. The minimum Gasteiger partial charge on any atom is -0.391 e. The van der Waals surface area contributed by atoms with Crippen LogP contribution in [-0.4, -0.2) is 46.8 Å². The van der Waals surface area contributed by atoms with Crippen LogP contribution in [0.5, 0.6) is 0 Å². The van der Waals surface area contributed by atoms with Crippen LogP contribution in [0.3, 0.4) is 0 Å². The van der Waals surface area contributed by atoms with Crippen LogP contribution in [0.15, 0.2) is 11.1 Å². The summed E-state index contributed by atoms with van der Waals surface area (Å²) in [6, 6.07) is -0.390. The number of hydrogen-bond donors (Lipinski definition) is 2. The van der Waals surface area contributed by atoms with E-state index in [0.717, 1.165) is 12.8 Å². The molecule has 1 fully saturated rings. The van der Waals surface area contributed by atoms with E-state index in [4.69, 9.17) is 5.73 Å². The summed E-state index contributed by atoms with van der Waals surface area (Å²) in [4.78, 5) is -0.00438. The van der Waals surface area contributed by atoms with Gasteiger partial charge in [0.05, 0.1) is 12.1 Å². The van der Waals surface area contributed by atoms with Gasteiger partial charge in [0.25, 0.3) is 0 Å². The quantitative estimate of drug-likeness (QED) is 0.810. The molecule has 2 rings (SSSR count). The number of nitrogens with zero attached hydrogens (tertiary/aromatic N) is 3. The van der Waals surface area contributed by atoms with Crippen molar-refractivity contribution in [2.75, 3.05) is 12.8 Å². The van der Waals surface area contributed by atoms with E-state index in [1.807, 2.05) is 0 Å². The summed E-state index contributed by atoms with van der Waals surface area (Å²) in [6.07, 6.45) is 3.91. The normalized spacial score (nSPS) is 24.8. The van der Waals surface area contributed by atoms with E-state index in [1.54, 1.807) is 7.05 Å². The standard InChI is InChI=1S/C11H20N4O3S/c1-14-7-10(11(12)13-14)19(17,18)15(2)8-5-3-4-6-9(8)16/h7-9,16H,3-6H2,1-2H3,(H2,12,13). The third kappa shape index (κ3) is 2.60. The number of rotatable bonds is 3. The van der Waals surface area contributed by atoms with Crippen LogP contribution in [0.4, 0.5) is 5.82 Å². The predicted octanol–water partition coefficient (Wildman–Crippen LogP) is -0.0737. The van der Waals surface area contributed by atoms with Crippen molar-refractivity contribution in [2.24, 2.45) is 7.05 Å². The first-order chi connectivity index (χ1) is 8.84. The first-order valence-corrected chi connectivity index (χ1v) is 7.73. The molecule has 1 saturated carbocycles. The number of sulfonamides is 1. The van der Waals surface area contributed by atoms with Gasteiger partial charge < -0.3 is 10.8 Å². The molecule has 0 bridgehead atoms. The zero-order chi connectivity index (χ0) is 14.2. The fraction of sp³-hybridized carbons (Fsp3) is 0.727. The molecule has 0 aromatic carbocycles. The zero-order valence-corrected chi connectivity index (χ0v) is 12.0. The van der Waals surface area contributed by atoms with Gasteiger partial charge in [-0.2, -0.15) is 9.40 Å². The summed E-state index contributed by atoms with van der Waals surface area (Å²) in [5, 5.41) is 13.8. The molecule has 7 nitrogen and oxygen atoms in total. The minimum atomic E-state index is -3.72. The molecule has 1 aliphatic rings. The molecule has 0 spiro atoms. The van der Waals surface area contributed by atoms with E-state index in [2.05, 4.69) is 5.10 Å². The highest BCUT2D eigenvalue weighted by Crippen LogP contribution is 2.28. The van der Waals surface area contributed by atoms with Crippen LogP contribution in [0.1, 0.15) is 25.7 Å². The summed E-state index contributed by atoms with van der Waals surface area (Å²) in [6.45, 7) is 0. The molecule has 0 aliphatic heterocycles. The van der Waals surface area contributed by atoms with Gasteiger partial charge in [-0.3, -0.25) is 4.68 Å². The van der Waals surface area contributed by atoms with Crippen LogP contribution in [0.25, 0.3) is 0 Å². The number of aliphatic hydroxyl groups excluding tert-OH is 1. The summed E-state index contributed by atoms with van der Waals surface area (Å²) < 4.78 is 27.6. The number of aliphatic hydroxyl groups is 1. The average Bonchev–Trinajstić information content (AvgIpc) is 2.69. The molecule has 1 aliphatic carbocycles. The van der Waals surface area contributed by atoms with E-state index in [-0.39, 0.29) is 10.7 Å². The molecule has 0 amide bonds. The third-order valence-corrected chi connectivity index (χ3v) is 5.54. The lowest BCUT2D eigenvalue weighted by Gasteiger charge is -2.34. The monoisotopic (exact) mass is 288 g/mol. The molecule has 2 unspecified atom stereocenters. The Morgan fingerprint density at radius 3 is 2.63 bits per heavy atom. The van der Waals surface area contributed by atoms with Crippen molar-refractivity contribution in [2.45, 2.75) is 42.7 Å². The molecule has 108 valence electrons. The number of likely N-dealkylation sites (N-methyl/N-ethyl adjacent to an activating group) is 1. The largest absolute Gasteiger partial charge is 0.391 e. The second-order valence-corrected chi connectivity index (χ2v) is 6.96. The highest BCUT2D eigenvalue weighted by Gasteiger charge is 2.35. The van der Waals surface area contributed by atoms with E-state index < -0.39 is 22.2 Å². The average molecular weight is 288 g/mol. The number of anilines is 1. The van der Waals surface area contributed by atoms with Crippen molar-refractivity contribution in [3.8, 4) is 0 Å². The van der Waals surface area contributed by atoms with Crippen molar-refractivity contribution in [3.63, 3.8) is 0 Å². The summed E-state index contributed by atoms with van der Waals surface area (Å²) >= 11 is 0. The van der Waals surface area contributed by atoms with Gasteiger partial charge in [-0.25, -0.2) is 8.42 Å². The lowest BCUT2D eigenvalue weighted by molar-refractivity contribution is 0.0638. The molecular formula is C11H20N4O3S. The minimum absolute atomic E-state index is 0.00438. The van der Waals surface area contributed by atoms with Crippen LogP contribution >= 0.6 is 0 Å². The number of nitrogen functional groups attached to an aromatic ring is 1. The topological polar surface area (TPSA) is 101 Å². The molecule has 3 N–H and O–H groups in total. The predicted molar refractivity (Wildman–Crippen MR) is 70.8 cm³/mol. The molecule has 0 radical (unpaired) electrons. The van der Waals surface area contributed by atoms with Gasteiger partial charge in [-0.15, -0.1) is 0 Å². The molecule has 8 heteroatoms. The zero-order valence-electron chi connectivity index (χ0n) is 11.2.